The fraction of sp³-hybridized carbons (Fsp3) is 0.467. The van der Waals surface area contributed by atoms with Crippen LogP contribution in [0.2, 0.25) is 0 Å². The lowest BCUT2D eigenvalue weighted by Crippen LogP contribution is -2.21. The van der Waals surface area contributed by atoms with Gasteiger partial charge >= 0.3 is 0 Å². The Morgan fingerprint density at radius 1 is 1.16 bits per heavy atom. The lowest BCUT2D eigenvalue weighted by atomic mass is 10.1. The van der Waals surface area contributed by atoms with Crippen LogP contribution < -0.4 is 0 Å². The first-order valence-corrected chi connectivity index (χ1v) is 6.79. The van der Waals surface area contributed by atoms with Crippen molar-refractivity contribution in [2.45, 2.75) is 26.3 Å². The Hall–Kier alpha value is -1.42. The fourth-order valence-corrected chi connectivity index (χ4v) is 3.13. The summed E-state index contributed by atoms with van der Waals surface area (Å²) in [5.74, 6) is -0.932. The zero-order valence-electron chi connectivity index (χ0n) is 11.3. The first-order chi connectivity index (χ1) is 9.11. The standard InChI is InChI=1S/C15H18F2N2/c1-3-11-12-8-10(16)9-13(17)15(12)19-7-6-18(2)5-4-14(11)19/h8-9H,3-7H2,1-2H3. The van der Waals surface area contributed by atoms with E-state index in [2.05, 4.69) is 11.9 Å². The molecular formula is C15H18F2N2. The molecule has 1 aliphatic rings. The van der Waals surface area contributed by atoms with Crippen molar-refractivity contribution in [2.24, 2.45) is 0 Å². The number of benzene rings is 1. The number of halogens is 2. The Bertz CT molecular complexity index is 631. The third-order valence-electron chi connectivity index (χ3n) is 4.09. The van der Waals surface area contributed by atoms with Crippen LogP contribution in [-0.2, 0) is 19.4 Å². The van der Waals surface area contributed by atoms with Crippen molar-refractivity contribution in [1.29, 1.82) is 0 Å². The summed E-state index contributed by atoms with van der Waals surface area (Å²) in [5.41, 5.74) is 2.85. The van der Waals surface area contributed by atoms with Crippen LogP contribution in [0, 0.1) is 11.6 Å². The van der Waals surface area contributed by atoms with Crippen molar-refractivity contribution in [3.05, 3.63) is 35.0 Å². The van der Waals surface area contributed by atoms with E-state index < -0.39 is 11.6 Å². The van der Waals surface area contributed by atoms with Gasteiger partial charge in [0.15, 0.2) is 0 Å². The van der Waals surface area contributed by atoms with E-state index in [4.69, 9.17) is 0 Å². The quantitative estimate of drug-likeness (QED) is 0.768. The lowest BCUT2D eigenvalue weighted by molar-refractivity contribution is 0.342. The van der Waals surface area contributed by atoms with Gasteiger partial charge in [0.2, 0.25) is 0 Å². The number of hydrogen-bond acceptors (Lipinski definition) is 1. The molecule has 0 N–H and O–H groups in total. The third kappa shape index (κ3) is 1.94. The summed E-state index contributed by atoms with van der Waals surface area (Å²) in [6.07, 6.45) is 1.71. The Balaban J connectivity index is 2.31. The van der Waals surface area contributed by atoms with Crippen molar-refractivity contribution >= 4 is 10.9 Å². The lowest BCUT2D eigenvalue weighted by Gasteiger charge is -2.12. The van der Waals surface area contributed by atoms with Gasteiger partial charge in [0.1, 0.15) is 11.6 Å². The van der Waals surface area contributed by atoms with Gasteiger partial charge in [0.05, 0.1) is 5.52 Å². The van der Waals surface area contributed by atoms with Gasteiger partial charge in [0.25, 0.3) is 0 Å². The highest BCUT2D eigenvalue weighted by Crippen LogP contribution is 2.31. The number of hydrogen-bond donors (Lipinski definition) is 0. The molecule has 1 aromatic carbocycles. The van der Waals surface area contributed by atoms with E-state index in [1.165, 1.54) is 11.8 Å². The van der Waals surface area contributed by atoms with Gasteiger partial charge in [-0.1, -0.05) is 6.92 Å². The Kier molecular flexibility index (Phi) is 3.05. The molecule has 2 aromatic rings. The molecule has 0 fully saturated rings. The van der Waals surface area contributed by atoms with Crippen LogP contribution >= 0.6 is 0 Å². The molecule has 0 saturated carbocycles. The first-order valence-electron chi connectivity index (χ1n) is 6.79. The number of likely N-dealkylation sites (N-methyl/N-ethyl adjacent to an activating group) is 1. The summed E-state index contributed by atoms with van der Waals surface area (Å²) in [6.45, 7) is 4.68. The monoisotopic (exact) mass is 264 g/mol. The van der Waals surface area contributed by atoms with E-state index in [9.17, 15) is 8.78 Å². The molecule has 0 radical (unpaired) electrons. The van der Waals surface area contributed by atoms with Gasteiger partial charge in [0, 0.05) is 43.2 Å². The second-order valence-corrected chi connectivity index (χ2v) is 5.27. The third-order valence-corrected chi connectivity index (χ3v) is 4.09. The summed E-state index contributed by atoms with van der Waals surface area (Å²) in [5, 5.41) is 0.750. The summed E-state index contributed by atoms with van der Waals surface area (Å²) in [4.78, 5) is 2.25. The average molecular weight is 264 g/mol. The summed E-state index contributed by atoms with van der Waals surface area (Å²) >= 11 is 0. The number of fused-ring (bicyclic) bond motifs is 3. The molecule has 0 aliphatic carbocycles. The number of rotatable bonds is 1. The Morgan fingerprint density at radius 3 is 2.68 bits per heavy atom. The molecule has 4 heteroatoms. The molecular weight excluding hydrogens is 246 g/mol. The Morgan fingerprint density at radius 2 is 1.95 bits per heavy atom. The van der Waals surface area contributed by atoms with Crippen LogP contribution in [0.1, 0.15) is 18.2 Å². The van der Waals surface area contributed by atoms with E-state index in [0.29, 0.717) is 5.52 Å². The Labute approximate surface area is 111 Å². The molecule has 0 saturated heterocycles. The number of aromatic nitrogens is 1. The highest BCUT2D eigenvalue weighted by molar-refractivity contribution is 5.86. The highest BCUT2D eigenvalue weighted by Gasteiger charge is 2.22. The molecule has 102 valence electrons. The number of nitrogens with zero attached hydrogens (tertiary/aromatic N) is 2. The maximum atomic E-state index is 14.1. The van der Waals surface area contributed by atoms with Crippen molar-refractivity contribution < 1.29 is 8.78 Å². The molecule has 0 atom stereocenters. The van der Waals surface area contributed by atoms with Gasteiger partial charge in [-0.2, -0.15) is 0 Å². The van der Waals surface area contributed by atoms with E-state index in [-0.39, 0.29) is 0 Å². The zero-order chi connectivity index (χ0) is 13.6. The van der Waals surface area contributed by atoms with Crippen LogP contribution in [0.4, 0.5) is 8.78 Å². The largest absolute Gasteiger partial charge is 0.341 e. The van der Waals surface area contributed by atoms with E-state index in [1.54, 1.807) is 0 Å². The van der Waals surface area contributed by atoms with Crippen LogP contribution in [0.25, 0.3) is 10.9 Å². The van der Waals surface area contributed by atoms with Gasteiger partial charge in [-0.25, -0.2) is 8.78 Å². The molecule has 19 heavy (non-hydrogen) atoms. The average Bonchev–Trinajstić information content (AvgIpc) is 2.54. The fourth-order valence-electron chi connectivity index (χ4n) is 3.13. The van der Waals surface area contributed by atoms with Gasteiger partial charge < -0.3 is 9.47 Å². The van der Waals surface area contributed by atoms with Crippen molar-refractivity contribution in [3.63, 3.8) is 0 Å². The maximum Gasteiger partial charge on any atom is 0.150 e. The molecule has 0 amide bonds. The van der Waals surface area contributed by atoms with Crippen LogP contribution in [0.15, 0.2) is 12.1 Å². The van der Waals surface area contributed by atoms with E-state index in [1.807, 2.05) is 11.5 Å². The molecule has 1 aromatic heterocycles. The normalized spacial score (nSPS) is 16.6. The molecule has 0 unspecified atom stereocenters. The minimum absolute atomic E-state index is 0.444. The molecule has 0 bridgehead atoms. The second kappa shape index (κ2) is 4.60. The molecule has 3 rings (SSSR count). The zero-order valence-corrected chi connectivity index (χ0v) is 11.3. The van der Waals surface area contributed by atoms with Crippen LogP contribution in [0.3, 0.4) is 0 Å². The predicted molar refractivity (Wildman–Crippen MR) is 72.4 cm³/mol. The molecule has 2 heterocycles. The highest BCUT2D eigenvalue weighted by atomic mass is 19.1. The summed E-state index contributed by atoms with van der Waals surface area (Å²) < 4.78 is 29.7. The van der Waals surface area contributed by atoms with Crippen LogP contribution in [0.5, 0.6) is 0 Å². The van der Waals surface area contributed by atoms with Crippen molar-refractivity contribution in [1.82, 2.24) is 9.47 Å². The van der Waals surface area contributed by atoms with Gasteiger partial charge in [-0.15, -0.1) is 0 Å². The summed E-state index contributed by atoms with van der Waals surface area (Å²) in [6, 6.07) is 2.46. The van der Waals surface area contributed by atoms with E-state index in [0.717, 1.165) is 49.5 Å². The van der Waals surface area contributed by atoms with Crippen molar-refractivity contribution in [3.8, 4) is 0 Å². The van der Waals surface area contributed by atoms with Crippen LogP contribution in [-0.4, -0.2) is 29.6 Å². The molecule has 1 aliphatic heterocycles. The van der Waals surface area contributed by atoms with Crippen molar-refractivity contribution in [2.75, 3.05) is 20.1 Å². The maximum absolute atomic E-state index is 14.1. The minimum atomic E-state index is -0.488. The predicted octanol–water partition coefficient (Wildman–Crippen LogP) is 2.97. The molecule has 0 spiro atoms. The SMILES string of the molecule is CCc1c2n(c3c(F)cc(F)cc13)CCN(C)CC2. The topological polar surface area (TPSA) is 8.17 Å². The van der Waals surface area contributed by atoms with E-state index >= 15 is 0 Å². The minimum Gasteiger partial charge on any atom is -0.341 e. The smallest absolute Gasteiger partial charge is 0.150 e. The number of aryl methyl sites for hydroxylation is 1. The second-order valence-electron chi connectivity index (χ2n) is 5.27. The van der Waals surface area contributed by atoms with Gasteiger partial charge in [-0.3, -0.25) is 0 Å². The first kappa shape index (κ1) is 12.6. The summed E-state index contributed by atoms with van der Waals surface area (Å²) in [7, 11) is 2.08. The van der Waals surface area contributed by atoms with Gasteiger partial charge in [-0.05, 0) is 25.1 Å². The molecule has 2 nitrogen and oxygen atoms in total.